The summed E-state index contributed by atoms with van der Waals surface area (Å²) in [5.74, 6) is -0.113. The van der Waals surface area contributed by atoms with Gasteiger partial charge in [-0.25, -0.2) is 18.4 Å². The van der Waals surface area contributed by atoms with Gasteiger partial charge in [0.2, 0.25) is 15.9 Å². The number of nitrogens with zero attached hydrogens (tertiary/aromatic N) is 3. The van der Waals surface area contributed by atoms with Crippen molar-refractivity contribution >= 4 is 33.4 Å². The van der Waals surface area contributed by atoms with Crippen molar-refractivity contribution in [2.45, 2.75) is 51.6 Å². The summed E-state index contributed by atoms with van der Waals surface area (Å²) in [7, 11) is -3.60. The number of benzene rings is 1. The van der Waals surface area contributed by atoms with Gasteiger partial charge in [0.1, 0.15) is 0 Å². The maximum atomic E-state index is 12.8. The van der Waals surface area contributed by atoms with E-state index in [1.165, 1.54) is 22.1 Å². The van der Waals surface area contributed by atoms with Crippen LogP contribution in [0.25, 0.3) is 0 Å². The lowest BCUT2D eigenvalue weighted by molar-refractivity contribution is -0.113. The van der Waals surface area contributed by atoms with Crippen molar-refractivity contribution < 1.29 is 13.2 Å². The number of anilines is 1. The Kier molecular flexibility index (Phi) is 7.79. The van der Waals surface area contributed by atoms with Crippen molar-refractivity contribution in [2.24, 2.45) is 0 Å². The van der Waals surface area contributed by atoms with Crippen molar-refractivity contribution in [2.75, 3.05) is 24.2 Å². The van der Waals surface area contributed by atoms with Crippen molar-refractivity contribution in [1.82, 2.24) is 14.3 Å². The summed E-state index contributed by atoms with van der Waals surface area (Å²) in [4.78, 5) is 21.4. The summed E-state index contributed by atoms with van der Waals surface area (Å²) in [5, 5.41) is 3.32. The fourth-order valence-corrected chi connectivity index (χ4v) is 5.24. The molecule has 0 radical (unpaired) electrons. The van der Waals surface area contributed by atoms with Crippen LogP contribution < -0.4 is 5.32 Å². The highest BCUT2D eigenvalue weighted by atomic mass is 32.2. The lowest BCUT2D eigenvalue weighted by Gasteiger charge is -2.20. The Morgan fingerprint density at radius 1 is 1.07 bits per heavy atom. The van der Waals surface area contributed by atoms with Gasteiger partial charge in [0.05, 0.1) is 10.6 Å². The molecule has 0 bridgehead atoms. The maximum Gasteiger partial charge on any atom is 0.243 e. The Hall–Kier alpha value is -1.97. The Morgan fingerprint density at radius 2 is 1.66 bits per heavy atom. The molecule has 0 fully saturated rings. The van der Waals surface area contributed by atoms with Gasteiger partial charge in [0.15, 0.2) is 5.16 Å². The SMILES string of the molecule is CCN(CC)S(=O)(=O)c1cc(NC(=O)CSc2nc(C)c(C)c(C)n2)ccc1C. The Morgan fingerprint density at radius 3 is 2.21 bits per heavy atom. The molecule has 158 valence electrons. The Balaban J connectivity index is 2.13. The second kappa shape index (κ2) is 9.69. The molecule has 0 aliphatic carbocycles. The number of aryl methyl sites for hydroxylation is 3. The van der Waals surface area contributed by atoms with Gasteiger partial charge >= 0.3 is 0 Å². The van der Waals surface area contributed by atoms with Crippen molar-refractivity contribution in [3.05, 3.63) is 40.7 Å². The van der Waals surface area contributed by atoms with E-state index in [4.69, 9.17) is 0 Å². The molecular formula is C20H28N4O3S2. The number of rotatable bonds is 8. The molecule has 2 aromatic rings. The van der Waals surface area contributed by atoms with Crippen LogP contribution in [-0.4, -0.2) is 47.4 Å². The molecule has 0 saturated heterocycles. The van der Waals surface area contributed by atoms with Gasteiger partial charge < -0.3 is 5.32 Å². The minimum atomic E-state index is -3.60. The molecule has 0 saturated carbocycles. The highest BCUT2D eigenvalue weighted by Gasteiger charge is 2.24. The lowest BCUT2D eigenvalue weighted by Crippen LogP contribution is -2.31. The minimum absolute atomic E-state index is 0.133. The normalized spacial score (nSPS) is 11.7. The van der Waals surface area contributed by atoms with Crippen molar-refractivity contribution in [3.8, 4) is 0 Å². The van der Waals surface area contributed by atoms with Crippen molar-refractivity contribution in [3.63, 3.8) is 0 Å². The van der Waals surface area contributed by atoms with E-state index in [1.54, 1.807) is 32.9 Å². The number of carbonyl (C=O) groups excluding carboxylic acids is 1. The second-order valence-corrected chi connectivity index (χ2v) is 9.56. The molecule has 1 aromatic heterocycles. The van der Waals surface area contributed by atoms with Crippen LogP contribution in [-0.2, 0) is 14.8 Å². The third-order valence-electron chi connectivity index (χ3n) is 4.74. The molecule has 0 unspecified atom stereocenters. The zero-order valence-electron chi connectivity index (χ0n) is 17.7. The van der Waals surface area contributed by atoms with Gasteiger partial charge in [-0.3, -0.25) is 4.79 Å². The molecule has 0 atom stereocenters. The average Bonchev–Trinajstić information content (AvgIpc) is 2.66. The zero-order chi connectivity index (χ0) is 21.8. The van der Waals surface area contributed by atoms with Crippen LogP contribution in [0.4, 0.5) is 5.69 Å². The molecule has 0 aliphatic heterocycles. The van der Waals surface area contributed by atoms with Crippen LogP contribution in [0.1, 0.15) is 36.4 Å². The van der Waals surface area contributed by atoms with Crippen molar-refractivity contribution in [1.29, 1.82) is 0 Å². The van der Waals surface area contributed by atoms with Gasteiger partial charge in [0, 0.05) is 30.2 Å². The quantitative estimate of drug-likeness (QED) is 0.503. The summed E-state index contributed by atoms with van der Waals surface area (Å²) < 4.78 is 27.1. The third-order valence-corrected chi connectivity index (χ3v) is 7.78. The van der Waals surface area contributed by atoms with Gasteiger partial charge in [-0.2, -0.15) is 4.31 Å². The average molecular weight is 437 g/mol. The second-order valence-electron chi connectivity index (χ2n) is 6.71. The van der Waals surface area contributed by atoms with E-state index < -0.39 is 10.0 Å². The first-order chi connectivity index (χ1) is 13.6. The third kappa shape index (κ3) is 5.55. The van der Waals surface area contributed by atoms with Crippen LogP contribution in [0.3, 0.4) is 0 Å². The smallest absolute Gasteiger partial charge is 0.243 e. The summed E-state index contributed by atoms with van der Waals surface area (Å²) in [6, 6.07) is 4.92. The fourth-order valence-electron chi connectivity index (χ4n) is 2.79. The van der Waals surface area contributed by atoms with E-state index >= 15 is 0 Å². The predicted octanol–water partition coefficient (Wildman–Crippen LogP) is 3.47. The molecule has 9 heteroatoms. The number of hydrogen-bond donors (Lipinski definition) is 1. The first kappa shape index (κ1) is 23.3. The highest BCUT2D eigenvalue weighted by molar-refractivity contribution is 7.99. The zero-order valence-corrected chi connectivity index (χ0v) is 19.4. The van der Waals surface area contributed by atoms with Crippen LogP contribution in [0.5, 0.6) is 0 Å². The number of hydrogen-bond acceptors (Lipinski definition) is 6. The van der Waals surface area contributed by atoms with E-state index in [2.05, 4.69) is 15.3 Å². The molecular weight excluding hydrogens is 408 g/mol. The van der Waals surface area contributed by atoms with E-state index in [1.807, 2.05) is 20.8 Å². The number of aromatic nitrogens is 2. The summed E-state index contributed by atoms with van der Waals surface area (Å²) >= 11 is 1.25. The Bertz CT molecular complexity index is 980. The van der Waals surface area contributed by atoms with E-state index in [0.29, 0.717) is 29.5 Å². The summed E-state index contributed by atoms with van der Waals surface area (Å²) in [6.45, 7) is 11.9. The topological polar surface area (TPSA) is 92.3 Å². The van der Waals surface area contributed by atoms with Gasteiger partial charge in [-0.1, -0.05) is 31.7 Å². The maximum absolute atomic E-state index is 12.8. The fraction of sp³-hybridized carbons (Fsp3) is 0.450. The minimum Gasteiger partial charge on any atom is -0.325 e. The van der Waals surface area contributed by atoms with Gasteiger partial charge in [-0.05, 0) is 51.0 Å². The Labute approximate surface area is 177 Å². The highest BCUT2D eigenvalue weighted by Crippen LogP contribution is 2.24. The number of nitrogens with one attached hydrogen (secondary N) is 1. The summed E-state index contributed by atoms with van der Waals surface area (Å²) in [6.07, 6.45) is 0. The van der Waals surface area contributed by atoms with Gasteiger partial charge in [-0.15, -0.1) is 0 Å². The van der Waals surface area contributed by atoms with Crippen LogP contribution >= 0.6 is 11.8 Å². The molecule has 2 rings (SSSR count). The first-order valence-electron chi connectivity index (χ1n) is 9.45. The van der Waals surface area contributed by atoms with Crippen LogP contribution in [0.15, 0.2) is 28.3 Å². The largest absolute Gasteiger partial charge is 0.325 e. The number of carbonyl (C=O) groups is 1. The van der Waals surface area contributed by atoms with Gasteiger partial charge in [0.25, 0.3) is 0 Å². The number of thioether (sulfide) groups is 1. The van der Waals surface area contributed by atoms with E-state index in [-0.39, 0.29) is 16.6 Å². The monoisotopic (exact) mass is 436 g/mol. The first-order valence-corrected chi connectivity index (χ1v) is 11.9. The molecule has 29 heavy (non-hydrogen) atoms. The molecule has 1 aromatic carbocycles. The number of sulfonamides is 1. The molecule has 7 nitrogen and oxygen atoms in total. The molecule has 1 heterocycles. The molecule has 0 aliphatic rings. The molecule has 0 spiro atoms. The van der Waals surface area contributed by atoms with E-state index in [9.17, 15) is 13.2 Å². The standard InChI is InChI=1S/C20H28N4O3S2/c1-7-24(8-2)29(26,27)18-11-17(10-9-13(18)3)23-19(25)12-28-20-21-15(5)14(4)16(6)22-20/h9-11H,7-8,12H2,1-6H3,(H,23,25). The predicted molar refractivity (Wildman–Crippen MR) is 117 cm³/mol. The molecule has 1 N–H and O–H groups in total. The summed E-state index contributed by atoms with van der Waals surface area (Å²) in [5.41, 5.74) is 3.92. The van der Waals surface area contributed by atoms with E-state index in [0.717, 1.165) is 17.0 Å². The molecule has 1 amide bonds. The van der Waals surface area contributed by atoms with Crippen LogP contribution in [0.2, 0.25) is 0 Å². The lowest BCUT2D eigenvalue weighted by atomic mass is 10.2. The van der Waals surface area contributed by atoms with Crippen LogP contribution in [0, 0.1) is 27.7 Å². The number of amides is 1.